The van der Waals surface area contributed by atoms with Gasteiger partial charge < -0.3 is 14.9 Å². The molecule has 6 nitrogen and oxygen atoms in total. The lowest BCUT2D eigenvalue weighted by Gasteiger charge is -2.32. The molecule has 0 spiro atoms. The number of rotatable bonds is 6. The fourth-order valence-electron chi connectivity index (χ4n) is 2.28. The molecule has 1 heterocycles. The van der Waals surface area contributed by atoms with Crippen LogP contribution in [0, 0.1) is 5.92 Å². The lowest BCUT2D eigenvalue weighted by Crippen LogP contribution is -2.47. The number of carbonyl (C=O) groups is 3. The maximum Gasteiger partial charge on any atom is 0.308 e. The molecule has 1 aliphatic rings. The Balaban J connectivity index is 2.48. The van der Waals surface area contributed by atoms with Crippen LogP contribution in [0.15, 0.2) is 0 Å². The van der Waals surface area contributed by atoms with Gasteiger partial charge in [-0.15, -0.1) is 0 Å². The molecule has 1 N–H and O–H groups in total. The summed E-state index contributed by atoms with van der Waals surface area (Å²) in [6.45, 7) is 2.82. The summed E-state index contributed by atoms with van der Waals surface area (Å²) < 4.78 is 0. The Morgan fingerprint density at radius 2 is 2.10 bits per heavy atom. The van der Waals surface area contributed by atoms with E-state index in [4.69, 9.17) is 5.11 Å². The van der Waals surface area contributed by atoms with E-state index in [2.05, 4.69) is 0 Å². The summed E-state index contributed by atoms with van der Waals surface area (Å²) in [4.78, 5) is 38.1. The van der Waals surface area contributed by atoms with Crippen LogP contribution >= 0.6 is 11.8 Å². The molecule has 2 atom stereocenters. The molecule has 2 amide bonds. The fraction of sp³-hybridized carbons (Fsp3) is 0.786. The van der Waals surface area contributed by atoms with Crippen molar-refractivity contribution in [2.75, 3.05) is 32.9 Å². The molecule has 0 aromatic carbocycles. The number of carbonyl (C=O) groups excluding carboxylic acids is 2. The third-order valence-electron chi connectivity index (χ3n) is 3.79. The van der Waals surface area contributed by atoms with Crippen LogP contribution in [0.3, 0.4) is 0 Å². The van der Waals surface area contributed by atoms with E-state index in [0.717, 1.165) is 0 Å². The van der Waals surface area contributed by atoms with Gasteiger partial charge in [0.15, 0.2) is 0 Å². The van der Waals surface area contributed by atoms with E-state index in [0.29, 0.717) is 25.8 Å². The van der Waals surface area contributed by atoms with Gasteiger partial charge in [0.25, 0.3) is 0 Å². The number of hydrogen-bond donors (Lipinski definition) is 1. The molecule has 2 unspecified atom stereocenters. The Morgan fingerprint density at radius 3 is 2.67 bits per heavy atom. The zero-order valence-corrected chi connectivity index (χ0v) is 13.7. The average molecular weight is 316 g/mol. The van der Waals surface area contributed by atoms with Gasteiger partial charge in [0, 0.05) is 31.8 Å². The highest BCUT2D eigenvalue weighted by molar-refractivity contribution is 7.99. The van der Waals surface area contributed by atoms with Crippen LogP contribution in [0.1, 0.15) is 26.2 Å². The monoisotopic (exact) mass is 316 g/mol. The summed E-state index contributed by atoms with van der Waals surface area (Å²) in [5, 5.41) is 9.25. The molecule has 0 aromatic heterocycles. The molecule has 0 bridgehead atoms. The van der Waals surface area contributed by atoms with Crippen molar-refractivity contribution in [3.05, 3.63) is 0 Å². The first kappa shape index (κ1) is 17.8. The van der Waals surface area contributed by atoms with E-state index in [1.165, 1.54) is 4.90 Å². The van der Waals surface area contributed by atoms with Crippen LogP contribution in [-0.4, -0.2) is 70.9 Å². The van der Waals surface area contributed by atoms with Crippen molar-refractivity contribution < 1.29 is 19.5 Å². The summed E-state index contributed by atoms with van der Waals surface area (Å²) in [5.41, 5.74) is 0. The zero-order valence-electron chi connectivity index (χ0n) is 12.9. The third-order valence-corrected chi connectivity index (χ3v) is 4.76. The average Bonchev–Trinajstić information content (AvgIpc) is 2.46. The summed E-state index contributed by atoms with van der Waals surface area (Å²) in [5.74, 6) is -1.57. The first-order valence-corrected chi connectivity index (χ1v) is 8.41. The van der Waals surface area contributed by atoms with Crippen molar-refractivity contribution in [1.29, 1.82) is 0 Å². The number of carboxylic acids is 1. The highest BCUT2D eigenvalue weighted by Crippen LogP contribution is 2.17. The van der Waals surface area contributed by atoms with E-state index in [-0.39, 0.29) is 30.2 Å². The van der Waals surface area contributed by atoms with Crippen molar-refractivity contribution in [2.24, 2.45) is 5.92 Å². The molecule has 1 fully saturated rings. The molecular formula is C14H24N2O4S. The number of likely N-dealkylation sites (N-methyl/N-ethyl adjacent to an activating group) is 1. The normalized spacial score (nSPS) is 20.0. The summed E-state index contributed by atoms with van der Waals surface area (Å²) in [7, 11) is 1.62. The molecule has 21 heavy (non-hydrogen) atoms. The maximum absolute atomic E-state index is 12.2. The third kappa shape index (κ3) is 5.57. The van der Waals surface area contributed by atoms with Gasteiger partial charge in [0.1, 0.15) is 0 Å². The van der Waals surface area contributed by atoms with Crippen LogP contribution in [0.4, 0.5) is 0 Å². The van der Waals surface area contributed by atoms with Crippen molar-refractivity contribution in [3.63, 3.8) is 0 Å². The Morgan fingerprint density at radius 1 is 1.43 bits per heavy atom. The molecule has 7 heteroatoms. The number of amides is 2. The first-order valence-electron chi connectivity index (χ1n) is 7.12. The van der Waals surface area contributed by atoms with Crippen LogP contribution in [0.2, 0.25) is 0 Å². The second kappa shape index (κ2) is 8.26. The van der Waals surface area contributed by atoms with Gasteiger partial charge in [-0.25, -0.2) is 0 Å². The molecule has 1 saturated heterocycles. The van der Waals surface area contributed by atoms with Gasteiger partial charge in [-0.2, -0.15) is 11.8 Å². The predicted molar refractivity (Wildman–Crippen MR) is 82.2 cm³/mol. The van der Waals surface area contributed by atoms with Crippen molar-refractivity contribution in [1.82, 2.24) is 9.80 Å². The van der Waals surface area contributed by atoms with Crippen LogP contribution in [0.25, 0.3) is 0 Å². The minimum Gasteiger partial charge on any atom is -0.481 e. The largest absolute Gasteiger partial charge is 0.481 e. The summed E-state index contributed by atoms with van der Waals surface area (Å²) in [6.07, 6.45) is 3.66. The van der Waals surface area contributed by atoms with Crippen LogP contribution in [0.5, 0.6) is 0 Å². The Labute approximate surface area is 129 Å². The lowest BCUT2D eigenvalue weighted by atomic mass is 9.98. The SMILES string of the molecule is CSC(C)CC(=O)N(C)CC(=O)N1CCCC(C(=O)O)C1. The van der Waals surface area contributed by atoms with E-state index in [9.17, 15) is 14.4 Å². The Hall–Kier alpha value is -1.24. The van der Waals surface area contributed by atoms with Gasteiger partial charge >= 0.3 is 5.97 Å². The van der Waals surface area contributed by atoms with Crippen LogP contribution in [-0.2, 0) is 14.4 Å². The molecule has 0 radical (unpaired) electrons. The second-order valence-corrected chi connectivity index (χ2v) is 6.79. The van der Waals surface area contributed by atoms with E-state index >= 15 is 0 Å². The number of likely N-dealkylation sites (tertiary alicyclic amines) is 1. The van der Waals surface area contributed by atoms with E-state index in [1.54, 1.807) is 23.7 Å². The highest BCUT2D eigenvalue weighted by atomic mass is 32.2. The summed E-state index contributed by atoms with van der Waals surface area (Å²) in [6, 6.07) is 0. The van der Waals surface area contributed by atoms with Crippen molar-refractivity contribution in [2.45, 2.75) is 31.4 Å². The molecule has 0 aromatic rings. The quantitative estimate of drug-likeness (QED) is 0.788. The van der Waals surface area contributed by atoms with Gasteiger partial charge in [0.2, 0.25) is 11.8 Å². The molecule has 120 valence electrons. The Bertz CT molecular complexity index is 402. The minimum atomic E-state index is -0.856. The number of aliphatic carboxylic acids is 1. The molecule has 1 aliphatic heterocycles. The van der Waals surface area contributed by atoms with Crippen molar-refractivity contribution in [3.8, 4) is 0 Å². The van der Waals surface area contributed by atoms with Gasteiger partial charge in [-0.3, -0.25) is 14.4 Å². The van der Waals surface area contributed by atoms with Crippen molar-refractivity contribution >= 4 is 29.5 Å². The molecule has 0 saturated carbocycles. The second-order valence-electron chi connectivity index (χ2n) is 5.52. The van der Waals surface area contributed by atoms with Gasteiger partial charge in [-0.1, -0.05) is 6.92 Å². The number of piperidine rings is 1. The number of hydrogen-bond acceptors (Lipinski definition) is 4. The van der Waals surface area contributed by atoms with E-state index < -0.39 is 11.9 Å². The molecule has 0 aliphatic carbocycles. The van der Waals surface area contributed by atoms with Gasteiger partial charge in [0.05, 0.1) is 12.5 Å². The first-order chi connectivity index (χ1) is 9.85. The maximum atomic E-state index is 12.2. The Kier molecular flexibility index (Phi) is 7.01. The lowest BCUT2D eigenvalue weighted by molar-refractivity contribution is -0.147. The smallest absolute Gasteiger partial charge is 0.308 e. The standard InChI is InChI=1S/C14H24N2O4S/c1-10(21-3)7-12(17)15(2)9-13(18)16-6-4-5-11(8-16)14(19)20/h10-11H,4-9H2,1-3H3,(H,19,20). The summed E-state index contributed by atoms with van der Waals surface area (Å²) >= 11 is 1.61. The topological polar surface area (TPSA) is 77.9 Å². The van der Waals surface area contributed by atoms with Crippen LogP contribution < -0.4 is 0 Å². The fourth-order valence-corrected chi connectivity index (χ4v) is 2.59. The molecular weight excluding hydrogens is 292 g/mol. The minimum absolute atomic E-state index is 0.0201. The highest BCUT2D eigenvalue weighted by Gasteiger charge is 2.29. The number of carboxylic acid groups (broad SMARTS) is 1. The van der Waals surface area contributed by atoms with Gasteiger partial charge in [-0.05, 0) is 19.1 Å². The number of nitrogens with zero attached hydrogens (tertiary/aromatic N) is 2. The van der Waals surface area contributed by atoms with E-state index in [1.807, 2.05) is 13.2 Å². The molecule has 1 rings (SSSR count). The number of thioether (sulfide) groups is 1. The zero-order chi connectivity index (χ0) is 16.0. The predicted octanol–water partition coefficient (Wildman–Crippen LogP) is 0.910.